The summed E-state index contributed by atoms with van der Waals surface area (Å²) in [5, 5.41) is 0. The van der Waals surface area contributed by atoms with Gasteiger partial charge in [-0.25, -0.2) is 0 Å². The predicted octanol–water partition coefficient (Wildman–Crippen LogP) is 2.51. The van der Waals surface area contributed by atoms with Crippen LogP contribution in [-0.2, 0) is 6.54 Å². The van der Waals surface area contributed by atoms with Crippen LogP contribution in [0.15, 0.2) is 29.3 Å². The van der Waals surface area contributed by atoms with Gasteiger partial charge in [0.1, 0.15) is 0 Å². The molecule has 0 aliphatic carbocycles. The summed E-state index contributed by atoms with van der Waals surface area (Å²) in [5.41, 5.74) is 2.60. The summed E-state index contributed by atoms with van der Waals surface area (Å²) >= 11 is 0. The van der Waals surface area contributed by atoms with Crippen molar-refractivity contribution in [1.29, 1.82) is 0 Å². The normalized spacial score (nSPS) is 9.93. The molecule has 14 heavy (non-hydrogen) atoms. The lowest BCUT2D eigenvalue weighted by Gasteiger charge is -2.04. The molecule has 0 radical (unpaired) electrons. The fourth-order valence-corrected chi connectivity index (χ4v) is 1.09. The molecule has 78 valence electrons. The average molecular weight is 213 g/mol. The first-order valence-corrected chi connectivity index (χ1v) is 4.41. The second kappa shape index (κ2) is 6.44. The number of aryl methyl sites for hydroxylation is 1. The van der Waals surface area contributed by atoms with Crippen molar-refractivity contribution >= 4 is 18.7 Å². The molecule has 0 saturated carbocycles. The first-order valence-electron chi connectivity index (χ1n) is 4.41. The Morgan fingerprint density at radius 1 is 1.29 bits per heavy atom. The molecule has 0 saturated heterocycles. The molecule has 1 aromatic carbocycles. The van der Waals surface area contributed by atoms with Crippen LogP contribution in [0.5, 0.6) is 0 Å². The van der Waals surface area contributed by atoms with Gasteiger partial charge in [0.05, 0.1) is 12.9 Å². The zero-order chi connectivity index (χ0) is 9.68. The molecule has 0 unspecified atom stereocenters. The second-order valence-electron chi connectivity index (χ2n) is 3.35. The fourth-order valence-electron chi connectivity index (χ4n) is 1.09. The van der Waals surface area contributed by atoms with E-state index in [1.807, 2.05) is 31.4 Å². The second-order valence-corrected chi connectivity index (χ2v) is 3.35. The highest BCUT2D eigenvalue weighted by Gasteiger charge is 1.93. The smallest absolute Gasteiger partial charge is 0.0848 e. The lowest BCUT2D eigenvalue weighted by Crippen LogP contribution is -2.07. The summed E-state index contributed by atoms with van der Waals surface area (Å²) in [4.78, 5) is 6.25. The first-order chi connectivity index (χ1) is 6.20. The minimum absolute atomic E-state index is 0. The Kier molecular flexibility index (Phi) is 5.97. The summed E-state index contributed by atoms with van der Waals surface area (Å²) in [6.45, 7) is 2.88. The van der Waals surface area contributed by atoms with Crippen molar-refractivity contribution in [1.82, 2.24) is 4.90 Å². The minimum atomic E-state index is 0. The molecule has 0 fully saturated rings. The molecule has 0 spiro atoms. The van der Waals surface area contributed by atoms with Gasteiger partial charge in [-0.15, -0.1) is 12.4 Å². The molecule has 0 aliphatic heterocycles. The van der Waals surface area contributed by atoms with Gasteiger partial charge in [0, 0.05) is 14.1 Å². The van der Waals surface area contributed by atoms with E-state index in [1.165, 1.54) is 11.1 Å². The van der Waals surface area contributed by atoms with Gasteiger partial charge in [-0.05, 0) is 18.1 Å². The Morgan fingerprint density at radius 3 is 2.50 bits per heavy atom. The van der Waals surface area contributed by atoms with Crippen molar-refractivity contribution in [3.05, 3.63) is 35.4 Å². The van der Waals surface area contributed by atoms with Gasteiger partial charge in [-0.3, -0.25) is 4.99 Å². The minimum Gasteiger partial charge on any atom is -0.369 e. The molecule has 0 atom stereocenters. The maximum atomic E-state index is 4.30. The molecule has 3 heteroatoms. The predicted molar refractivity (Wildman–Crippen MR) is 64.3 cm³/mol. The lowest BCUT2D eigenvalue weighted by atomic mass is 10.1. The molecule has 0 aliphatic rings. The largest absolute Gasteiger partial charge is 0.369 e. The summed E-state index contributed by atoms with van der Waals surface area (Å²) in [6.07, 6.45) is 1.84. The van der Waals surface area contributed by atoms with Crippen LogP contribution in [0, 0.1) is 6.92 Å². The number of benzene rings is 1. The zero-order valence-electron chi connectivity index (χ0n) is 8.90. The van der Waals surface area contributed by atoms with Gasteiger partial charge in [0.2, 0.25) is 0 Å². The fraction of sp³-hybridized carbons (Fsp3) is 0.364. The zero-order valence-corrected chi connectivity index (χ0v) is 9.71. The van der Waals surface area contributed by atoms with E-state index in [9.17, 15) is 0 Å². The van der Waals surface area contributed by atoms with Crippen LogP contribution in [0.25, 0.3) is 0 Å². The number of nitrogens with zero attached hydrogens (tertiary/aromatic N) is 2. The maximum absolute atomic E-state index is 4.30. The molecule has 0 amide bonds. The quantitative estimate of drug-likeness (QED) is 0.555. The highest BCUT2D eigenvalue weighted by atomic mass is 35.5. The van der Waals surface area contributed by atoms with Gasteiger partial charge < -0.3 is 4.90 Å². The van der Waals surface area contributed by atoms with E-state index in [2.05, 4.69) is 30.1 Å². The van der Waals surface area contributed by atoms with Crippen LogP contribution in [0.4, 0.5) is 0 Å². The molecule has 0 N–H and O–H groups in total. The summed E-state index contributed by atoms with van der Waals surface area (Å²) in [5.74, 6) is 0. The van der Waals surface area contributed by atoms with E-state index < -0.39 is 0 Å². The van der Waals surface area contributed by atoms with Gasteiger partial charge >= 0.3 is 0 Å². The summed E-state index contributed by atoms with van der Waals surface area (Å²) in [6, 6.07) is 8.32. The van der Waals surface area contributed by atoms with E-state index in [1.54, 1.807) is 0 Å². The first kappa shape index (κ1) is 13.0. The van der Waals surface area contributed by atoms with Gasteiger partial charge in [-0.1, -0.05) is 24.3 Å². The Labute approximate surface area is 92.1 Å². The van der Waals surface area contributed by atoms with Crippen molar-refractivity contribution in [3.8, 4) is 0 Å². The molecular weight excluding hydrogens is 196 g/mol. The topological polar surface area (TPSA) is 15.6 Å². The Morgan fingerprint density at radius 2 is 1.93 bits per heavy atom. The van der Waals surface area contributed by atoms with E-state index >= 15 is 0 Å². The van der Waals surface area contributed by atoms with Crippen molar-refractivity contribution in [2.24, 2.45) is 4.99 Å². The third-order valence-electron chi connectivity index (χ3n) is 1.84. The van der Waals surface area contributed by atoms with Crippen LogP contribution >= 0.6 is 12.4 Å². The molecule has 1 aromatic rings. The Hall–Kier alpha value is -1.02. The van der Waals surface area contributed by atoms with Crippen LogP contribution in [0.3, 0.4) is 0 Å². The SMILES string of the molecule is Cc1ccccc1CN=CN(C)C.Cl. The van der Waals surface area contributed by atoms with Crippen molar-refractivity contribution in [2.75, 3.05) is 14.1 Å². The van der Waals surface area contributed by atoms with E-state index in [4.69, 9.17) is 0 Å². The maximum Gasteiger partial charge on any atom is 0.0848 e. The van der Waals surface area contributed by atoms with Crippen molar-refractivity contribution in [2.45, 2.75) is 13.5 Å². The monoisotopic (exact) mass is 212 g/mol. The highest BCUT2D eigenvalue weighted by molar-refractivity contribution is 5.85. The van der Waals surface area contributed by atoms with Gasteiger partial charge in [0.25, 0.3) is 0 Å². The number of hydrogen-bond acceptors (Lipinski definition) is 1. The van der Waals surface area contributed by atoms with E-state index in [-0.39, 0.29) is 12.4 Å². The summed E-state index contributed by atoms with van der Waals surface area (Å²) < 4.78 is 0. The number of aliphatic imine (C=N–C) groups is 1. The standard InChI is InChI=1S/C11H16N2.ClH/c1-10-6-4-5-7-11(10)8-12-9-13(2)3;/h4-7,9H,8H2,1-3H3;1H. The van der Waals surface area contributed by atoms with Gasteiger partial charge in [-0.2, -0.15) is 0 Å². The molecule has 1 rings (SSSR count). The molecule has 2 nitrogen and oxygen atoms in total. The lowest BCUT2D eigenvalue weighted by molar-refractivity contribution is 0.638. The van der Waals surface area contributed by atoms with Crippen LogP contribution < -0.4 is 0 Å². The average Bonchev–Trinajstić information content (AvgIpc) is 2.08. The third-order valence-corrected chi connectivity index (χ3v) is 1.84. The third kappa shape index (κ3) is 4.28. The van der Waals surface area contributed by atoms with Gasteiger partial charge in [0.15, 0.2) is 0 Å². The van der Waals surface area contributed by atoms with Crippen LogP contribution in [0.1, 0.15) is 11.1 Å². The number of hydrogen-bond donors (Lipinski definition) is 0. The Bertz CT molecular complexity index is 295. The highest BCUT2D eigenvalue weighted by Crippen LogP contribution is 2.07. The molecule has 0 heterocycles. The molecular formula is C11H17ClN2. The van der Waals surface area contributed by atoms with Crippen molar-refractivity contribution in [3.63, 3.8) is 0 Å². The van der Waals surface area contributed by atoms with E-state index in [0.29, 0.717) is 0 Å². The molecule has 0 aromatic heterocycles. The number of rotatable bonds is 3. The van der Waals surface area contributed by atoms with Crippen LogP contribution in [-0.4, -0.2) is 25.3 Å². The molecule has 0 bridgehead atoms. The van der Waals surface area contributed by atoms with E-state index in [0.717, 1.165) is 6.54 Å². The summed E-state index contributed by atoms with van der Waals surface area (Å²) in [7, 11) is 3.95. The Balaban J connectivity index is 0.00000169. The van der Waals surface area contributed by atoms with Crippen LogP contribution in [0.2, 0.25) is 0 Å². The van der Waals surface area contributed by atoms with Crippen molar-refractivity contribution < 1.29 is 0 Å². The number of halogens is 1.